The molecule has 4 N–H and O–H groups in total. The van der Waals surface area contributed by atoms with Crippen molar-refractivity contribution in [3.8, 4) is 0 Å². The van der Waals surface area contributed by atoms with Crippen LogP contribution in [0.15, 0.2) is 0 Å². The van der Waals surface area contributed by atoms with Gasteiger partial charge in [0.25, 0.3) is 0 Å². The number of aliphatic hydroxyl groups excluding tert-OH is 4. The fourth-order valence-electron chi connectivity index (χ4n) is 1.79. The van der Waals surface area contributed by atoms with E-state index in [1.54, 1.807) is 13.8 Å². The van der Waals surface area contributed by atoms with Gasteiger partial charge in [-0.25, -0.2) is 0 Å². The minimum absolute atomic E-state index is 0.415. The molecule has 0 aromatic carbocycles. The molecular weight excluding hydrogens is 188 g/mol. The van der Waals surface area contributed by atoms with Gasteiger partial charge in [0.2, 0.25) is 0 Å². The van der Waals surface area contributed by atoms with Crippen LogP contribution in [-0.4, -0.2) is 56.5 Å². The van der Waals surface area contributed by atoms with Crippen LogP contribution in [0.5, 0.6) is 0 Å². The summed E-state index contributed by atoms with van der Waals surface area (Å²) in [5.74, 6) is 0. The Balaban J connectivity index is 2.96. The highest BCUT2D eigenvalue weighted by atomic mass is 16.6. The first-order valence-electron chi connectivity index (χ1n) is 4.60. The van der Waals surface area contributed by atoms with Crippen LogP contribution in [0.2, 0.25) is 0 Å². The monoisotopic (exact) mass is 206 g/mol. The molecule has 84 valence electrons. The standard InChI is InChI=1S/C9H18O5/c1-8(2)6(12)5(11)7(13)9(3,4-10)14-8/h5-7,10-13H,4H2,1-3H3. The molecule has 14 heavy (non-hydrogen) atoms. The van der Waals surface area contributed by atoms with Crippen LogP contribution in [0.4, 0.5) is 0 Å². The van der Waals surface area contributed by atoms with Gasteiger partial charge in [0.15, 0.2) is 0 Å². The molecule has 1 aliphatic rings. The highest BCUT2D eigenvalue weighted by Gasteiger charge is 2.53. The Morgan fingerprint density at radius 2 is 1.57 bits per heavy atom. The lowest BCUT2D eigenvalue weighted by molar-refractivity contribution is -0.301. The smallest absolute Gasteiger partial charge is 0.118 e. The number of hydrogen-bond donors (Lipinski definition) is 4. The van der Waals surface area contributed by atoms with Crippen LogP contribution in [0.25, 0.3) is 0 Å². The first-order valence-corrected chi connectivity index (χ1v) is 4.60. The zero-order valence-electron chi connectivity index (χ0n) is 8.64. The third-order valence-electron chi connectivity index (χ3n) is 2.80. The van der Waals surface area contributed by atoms with E-state index < -0.39 is 36.1 Å². The maximum Gasteiger partial charge on any atom is 0.118 e. The summed E-state index contributed by atoms with van der Waals surface area (Å²) in [5.41, 5.74) is -2.22. The predicted molar refractivity (Wildman–Crippen MR) is 48.7 cm³/mol. The summed E-state index contributed by atoms with van der Waals surface area (Å²) in [4.78, 5) is 0. The first-order chi connectivity index (χ1) is 6.24. The van der Waals surface area contributed by atoms with Gasteiger partial charge in [0, 0.05) is 0 Å². The third-order valence-corrected chi connectivity index (χ3v) is 2.80. The van der Waals surface area contributed by atoms with Gasteiger partial charge < -0.3 is 25.2 Å². The van der Waals surface area contributed by atoms with E-state index in [9.17, 15) is 15.3 Å². The average Bonchev–Trinajstić information content (AvgIpc) is 2.11. The highest BCUT2D eigenvalue weighted by Crippen LogP contribution is 2.35. The lowest BCUT2D eigenvalue weighted by atomic mass is 9.81. The molecule has 1 heterocycles. The summed E-state index contributed by atoms with van der Waals surface area (Å²) < 4.78 is 5.40. The molecule has 5 heteroatoms. The highest BCUT2D eigenvalue weighted by molar-refractivity contribution is 5.02. The summed E-state index contributed by atoms with van der Waals surface area (Å²) >= 11 is 0. The molecule has 0 aromatic heterocycles. The van der Waals surface area contributed by atoms with E-state index in [-0.39, 0.29) is 0 Å². The van der Waals surface area contributed by atoms with E-state index >= 15 is 0 Å². The van der Waals surface area contributed by atoms with Crippen molar-refractivity contribution in [1.29, 1.82) is 0 Å². The van der Waals surface area contributed by atoms with Gasteiger partial charge in [-0.2, -0.15) is 0 Å². The topological polar surface area (TPSA) is 90.2 Å². The summed E-state index contributed by atoms with van der Waals surface area (Å²) in [6.07, 6.45) is -3.77. The number of aliphatic hydroxyl groups is 4. The summed E-state index contributed by atoms with van der Waals surface area (Å²) in [7, 11) is 0. The Bertz CT molecular complexity index is 217. The fraction of sp³-hybridized carbons (Fsp3) is 1.00. The normalized spacial score (nSPS) is 47.8. The minimum atomic E-state index is -1.31. The molecular formula is C9H18O5. The van der Waals surface area contributed by atoms with Gasteiger partial charge >= 0.3 is 0 Å². The molecule has 1 fully saturated rings. The van der Waals surface area contributed by atoms with Crippen LogP contribution in [-0.2, 0) is 4.74 Å². The molecule has 1 rings (SSSR count). The van der Waals surface area contributed by atoms with E-state index in [2.05, 4.69) is 0 Å². The first kappa shape index (κ1) is 11.9. The summed E-state index contributed by atoms with van der Waals surface area (Å²) in [6.45, 7) is 4.28. The SMILES string of the molecule is CC1(C)OC(C)(CO)C(O)C(O)C1O. The molecule has 0 aromatic rings. The average molecular weight is 206 g/mol. The van der Waals surface area contributed by atoms with Gasteiger partial charge in [0.1, 0.15) is 23.9 Å². The van der Waals surface area contributed by atoms with Crippen molar-refractivity contribution in [2.75, 3.05) is 6.61 Å². The molecule has 0 radical (unpaired) electrons. The molecule has 0 aliphatic carbocycles. The lowest BCUT2D eigenvalue weighted by Gasteiger charge is -2.50. The van der Waals surface area contributed by atoms with E-state index in [0.717, 1.165) is 0 Å². The second-order valence-corrected chi connectivity index (χ2v) is 4.56. The zero-order valence-corrected chi connectivity index (χ0v) is 8.64. The van der Waals surface area contributed by atoms with Crippen molar-refractivity contribution in [3.63, 3.8) is 0 Å². The van der Waals surface area contributed by atoms with Crippen LogP contribution in [0.1, 0.15) is 20.8 Å². The van der Waals surface area contributed by atoms with Gasteiger partial charge in [-0.05, 0) is 20.8 Å². The molecule has 4 unspecified atom stereocenters. The van der Waals surface area contributed by atoms with Crippen molar-refractivity contribution < 1.29 is 25.2 Å². The van der Waals surface area contributed by atoms with Gasteiger partial charge in [-0.15, -0.1) is 0 Å². The van der Waals surface area contributed by atoms with Crippen molar-refractivity contribution in [1.82, 2.24) is 0 Å². The molecule has 5 nitrogen and oxygen atoms in total. The Hall–Kier alpha value is -0.200. The van der Waals surface area contributed by atoms with E-state index in [1.807, 2.05) is 0 Å². The summed E-state index contributed by atoms with van der Waals surface area (Å²) in [6, 6.07) is 0. The van der Waals surface area contributed by atoms with Gasteiger partial charge in [0.05, 0.1) is 12.2 Å². The predicted octanol–water partition coefficient (Wildman–Crippen LogP) is -1.37. The molecule has 1 saturated heterocycles. The molecule has 4 atom stereocenters. The Morgan fingerprint density at radius 1 is 1.07 bits per heavy atom. The van der Waals surface area contributed by atoms with E-state index in [0.29, 0.717) is 0 Å². The van der Waals surface area contributed by atoms with Crippen molar-refractivity contribution in [2.45, 2.75) is 50.3 Å². The van der Waals surface area contributed by atoms with Gasteiger partial charge in [-0.3, -0.25) is 0 Å². The minimum Gasteiger partial charge on any atom is -0.393 e. The van der Waals surface area contributed by atoms with Crippen LogP contribution in [0, 0.1) is 0 Å². The van der Waals surface area contributed by atoms with Crippen LogP contribution < -0.4 is 0 Å². The summed E-state index contributed by atoms with van der Waals surface area (Å²) in [5, 5.41) is 37.8. The second-order valence-electron chi connectivity index (χ2n) is 4.56. The number of ether oxygens (including phenoxy) is 1. The van der Waals surface area contributed by atoms with Crippen molar-refractivity contribution >= 4 is 0 Å². The fourth-order valence-corrected chi connectivity index (χ4v) is 1.79. The molecule has 1 aliphatic heterocycles. The Morgan fingerprint density at radius 3 is 2.00 bits per heavy atom. The quantitative estimate of drug-likeness (QED) is 0.425. The largest absolute Gasteiger partial charge is 0.393 e. The maximum absolute atomic E-state index is 9.60. The molecule has 0 saturated carbocycles. The van der Waals surface area contributed by atoms with Gasteiger partial charge in [-0.1, -0.05) is 0 Å². The molecule has 0 spiro atoms. The van der Waals surface area contributed by atoms with E-state index in [1.165, 1.54) is 6.92 Å². The Kier molecular flexibility index (Phi) is 2.91. The van der Waals surface area contributed by atoms with Crippen molar-refractivity contribution in [3.05, 3.63) is 0 Å². The Labute approximate surface area is 82.9 Å². The maximum atomic E-state index is 9.60. The second kappa shape index (κ2) is 3.43. The van der Waals surface area contributed by atoms with E-state index in [4.69, 9.17) is 9.84 Å². The number of rotatable bonds is 1. The molecule has 0 amide bonds. The van der Waals surface area contributed by atoms with Crippen LogP contribution >= 0.6 is 0 Å². The molecule has 0 bridgehead atoms. The van der Waals surface area contributed by atoms with Crippen molar-refractivity contribution in [2.24, 2.45) is 0 Å². The zero-order chi connectivity index (χ0) is 11.1. The number of hydrogen-bond acceptors (Lipinski definition) is 5. The van der Waals surface area contributed by atoms with Crippen LogP contribution in [0.3, 0.4) is 0 Å². The third kappa shape index (κ3) is 1.66. The lowest BCUT2D eigenvalue weighted by Crippen LogP contribution is -2.68.